The number of aromatic carboxylic acids is 1. The summed E-state index contributed by atoms with van der Waals surface area (Å²) in [4.78, 5) is 23.7. The highest BCUT2D eigenvalue weighted by atomic mass is 19.1. The standard InChI is InChI=1S/C25H23F2NO3/c26-20-14-19(15-21(27)16-20)24(29)28-23-13-7-5-11-18(23)10-3-1-2-8-17-9-4-6-12-22(17)25(30)31/h4-7,9,11-16H,1-3,8,10H2,(H,28,29)(H,30,31). The van der Waals surface area contributed by atoms with E-state index in [1.54, 1.807) is 24.3 Å². The highest BCUT2D eigenvalue weighted by Crippen LogP contribution is 2.20. The maximum absolute atomic E-state index is 13.4. The van der Waals surface area contributed by atoms with Gasteiger partial charge in [0, 0.05) is 17.3 Å². The molecule has 0 aliphatic carbocycles. The second kappa shape index (κ2) is 10.5. The van der Waals surface area contributed by atoms with Crippen molar-refractivity contribution < 1.29 is 23.5 Å². The van der Waals surface area contributed by atoms with Gasteiger partial charge in [-0.25, -0.2) is 13.6 Å². The molecular formula is C25H23F2NO3. The van der Waals surface area contributed by atoms with Crippen molar-refractivity contribution in [1.82, 2.24) is 0 Å². The second-order valence-electron chi connectivity index (χ2n) is 7.29. The van der Waals surface area contributed by atoms with Gasteiger partial charge in [-0.1, -0.05) is 42.8 Å². The van der Waals surface area contributed by atoms with E-state index in [1.807, 2.05) is 24.3 Å². The van der Waals surface area contributed by atoms with Gasteiger partial charge >= 0.3 is 5.97 Å². The molecule has 0 radical (unpaired) electrons. The topological polar surface area (TPSA) is 66.4 Å². The molecule has 0 aliphatic heterocycles. The molecule has 1 amide bonds. The van der Waals surface area contributed by atoms with Crippen LogP contribution in [0.4, 0.5) is 14.5 Å². The van der Waals surface area contributed by atoms with Crippen LogP contribution in [0.25, 0.3) is 0 Å². The number of carboxylic acids is 1. The zero-order valence-corrected chi connectivity index (χ0v) is 16.9. The van der Waals surface area contributed by atoms with Crippen LogP contribution in [0.2, 0.25) is 0 Å². The number of anilines is 1. The first-order valence-corrected chi connectivity index (χ1v) is 10.1. The predicted octanol–water partition coefficient (Wildman–Crippen LogP) is 5.87. The molecule has 3 aromatic rings. The average Bonchev–Trinajstić information content (AvgIpc) is 2.74. The first-order valence-electron chi connectivity index (χ1n) is 10.1. The number of nitrogens with one attached hydrogen (secondary N) is 1. The number of carbonyl (C=O) groups is 2. The molecule has 6 heteroatoms. The van der Waals surface area contributed by atoms with Gasteiger partial charge in [0.2, 0.25) is 0 Å². The highest BCUT2D eigenvalue weighted by molar-refractivity contribution is 6.04. The number of carboxylic acid groups (broad SMARTS) is 1. The summed E-state index contributed by atoms with van der Waals surface area (Å²) in [6.07, 6.45) is 4.00. The van der Waals surface area contributed by atoms with E-state index in [0.717, 1.165) is 48.6 Å². The summed E-state index contributed by atoms with van der Waals surface area (Å²) >= 11 is 0. The van der Waals surface area contributed by atoms with Gasteiger partial charge in [-0.15, -0.1) is 0 Å². The Balaban J connectivity index is 1.55. The Morgan fingerprint density at radius 3 is 2.03 bits per heavy atom. The molecule has 0 unspecified atom stereocenters. The van der Waals surface area contributed by atoms with Gasteiger partial charge in [-0.2, -0.15) is 0 Å². The predicted molar refractivity (Wildman–Crippen MR) is 115 cm³/mol. The average molecular weight is 423 g/mol. The lowest BCUT2D eigenvalue weighted by Crippen LogP contribution is -2.14. The highest BCUT2D eigenvalue weighted by Gasteiger charge is 2.12. The van der Waals surface area contributed by atoms with Crippen molar-refractivity contribution in [2.45, 2.75) is 32.1 Å². The molecule has 31 heavy (non-hydrogen) atoms. The number of hydrogen-bond donors (Lipinski definition) is 2. The van der Waals surface area contributed by atoms with Gasteiger partial charge in [0.15, 0.2) is 0 Å². The molecule has 2 N–H and O–H groups in total. The lowest BCUT2D eigenvalue weighted by molar-refractivity contribution is 0.0695. The molecule has 0 saturated heterocycles. The van der Waals surface area contributed by atoms with E-state index in [2.05, 4.69) is 5.32 Å². The number of aryl methyl sites for hydroxylation is 2. The van der Waals surface area contributed by atoms with Crippen molar-refractivity contribution in [3.8, 4) is 0 Å². The van der Waals surface area contributed by atoms with Crippen LogP contribution in [0.15, 0.2) is 66.7 Å². The fourth-order valence-electron chi connectivity index (χ4n) is 3.49. The molecule has 0 atom stereocenters. The number of rotatable bonds is 9. The van der Waals surface area contributed by atoms with Crippen LogP contribution < -0.4 is 5.32 Å². The Kier molecular flexibility index (Phi) is 7.49. The normalized spacial score (nSPS) is 10.6. The third kappa shape index (κ3) is 6.22. The number of unbranched alkanes of at least 4 members (excludes halogenated alkanes) is 2. The zero-order valence-electron chi connectivity index (χ0n) is 16.9. The van der Waals surface area contributed by atoms with Gasteiger partial charge in [0.1, 0.15) is 11.6 Å². The molecule has 160 valence electrons. The van der Waals surface area contributed by atoms with Crippen LogP contribution in [0.1, 0.15) is 51.1 Å². The molecular weight excluding hydrogens is 400 g/mol. The van der Waals surface area contributed by atoms with Crippen molar-refractivity contribution in [3.63, 3.8) is 0 Å². The van der Waals surface area contributed by atoms with E-state index in [4.69, 9.17) is 0 Å². The largest absolute Gasteiger partial charge is 0.478 e. The van der Waals surface area contributed by atoms with E-state index >= 15 is 0 Å². The fourth-order valence-corrected chi connectivity index (χ4v) is 3.49. The lowest BCUT2D eigenvalue weighted by Gasteiger charge is -2.12. The molecule has 4 nitrogen and oxygen atoms in total. The van der Waals surface area contributed by atoms with Crippen LogP contribution in [0, 0.1) is 11.6 Å². The number of para-hydroxylation sites is 1. The Bertz CT molecular complexity index is 1060. The SMILES string of the molecule is O=C(Nc1ccccc1CCCCCc1ccccc1C(=O)O)c1cc(F)cc(F)c1. The maximum Gasteiger partial charge on any atom is 0.335 e. The Morgan fingerprint density at radius 2 is 1.35 bits per heavy atom. The van der Waals surface area contributed by atoms with Gasteiger partial charge in [0.05, 0.1) is 5.56 Å². The molecule has 0 heterocycles. The molecule has 0 bridgehead atoms. The van der Waals surface area contributed by atoms with E-state index in [0.29, 0.717) is 24.1 Å². The van der Waals surface area contributed by atoms with Gasteiger partial charge < -0.3 is 10.4 Å². The van der Waals surface area contributed by atoms with E-state index < -0.39 is 23.5 Å². The molecule has 3 rings (SSSR count). The van der Waals surface area contributed by atoms with E-state index in [1.165, 1.54) is 0 Å². The quantitative estimate of drug-likeness (QED) is 0.423. The summed E-state index contributed by atoms with van der Waals surface area (Å²) in [6, 6.07) is 17.0. The van der Waals surface area contributed by atoms with Crippen molar-refractivity contribution >= 4 is 17.6 Å². The summed E-state index contributed by atoms with van der Waals surface area (Å²) in [5.41, 5.74) is 2.62. The van der Waals surface area contributed by atoms with Crippen LogP contribution in [-0.4, -0.2) is 17.0 Å². The minimum atomic E-state index is -0.918. The van der Waals surface area contributed by atoms with Crippen LogP contribution in [-0.2, 0) is 12.8 Å². The monoisotopic (exact) mass is 423 g/mol. The van der Waals surface area contributed by atoms with Gasteiger partial charge in [-0.3, -0.25) is 4.79 Å². The third-order valence-corrected chi connectivity index (χ3v) is 5.03. The zero-order chi connectivity index (χ0) is 22.2. The Morgan fingerprint density at radius 1 is 0.774 bits per heavy atom. The molecule has 0 saturated carbocycles. The van der Waals surface area contributed by atoms with Crippen LogP contribution in [0.3, 0.4) is 0 Å². The number of hydrogen-bond acceptors (Lipinski definition) is 2. The molecule has 0 fully saturated rings. The minimum absolute atomic E-state index is 0.0793. The minimum Gasteiger partial charge on any atom is -0.478 e. The number of carbonyl (C=O) groups excluding carboxylic acids is 1. The number of benzene rings is 3. The van der Waals surface area contributed by atoms with Crippen molar-refractivity contribution in [2.24, 2.45) is 0 Å². The lowest BCUT2D eigenvalue weighted by atomic mass is 9.99. The van der Waals surface area contributed by atoms with Crippen molar-refractivity contribution in [3.05, 3.63) is 101 Å². The Labute approximate surface area is 179 Å². The molecule has 0 aliphatic rings. The number of halogens is 2. The summed E-state index contributed by atoms with van der Waals surface area (Å²) in [7, 11) is 0. The molecule has 3 aromatic carbocycles. The van der Waals surface area contributed by atoms with Crippen LogP contribution >= 0.6 is 0 Å². The van der Waals surface area contributed by atoms with Gasteiger partial charge in [0.25, 0.3) is 5.91 Å². The summed E-state index contributed by atoms with van der Waals surface area (Å²) in [6.45, 7) is 0. The van der Waals surface area contributed by atoms with Crippen molar-refractivity contribution in [2.75, 3.05) is 5.32 Å². The third-order valence-electron chi connectivity index (χ3n) is 5.03. The summed E-state index contributed by atoms with van der Waals surface area (Å²) in [5, 5.41) is 12.0. The summed E-state index contributed by atoms with van der Waals surface area (Å²) in [5.74, 6) is -3.10. The van der Waals surface area contributed by atoms with Crippen molar-refractivity contribution in [1.29, 1.82) is 0 Å². The molecule has 0 spiro atoms. The maximum atomic E-state index is 13.4. The first-order chi connectivity index (χ1) is 14.9. The molecule has 0 aromatic heterocycles. The smallest absolute Gasteiger partial charge is 0.335 e. The number of amides is 1. The Hall–Kier alpha value is -3.54. The summed E-state index contributed by atoms with van der Waals surface area (Å²) < 4.78 is 26.8. The van der Waals surface area contributed by atoms with Gasteiger partial charge in [-0.05, 0) is 61.1 Å². The van der Waals surface area contributed by atoms with Crippen LogP contribution in [0.5, 0.6) is 0 Å². The van der Waals surface area contributed by atoms with E-state index in [-0.39, 0.29) is 5.56 Å². The van der Waals surface area contributed by atoms with E-state index in [9.17, 15) is 23.5 Å². The fraction of sp³-hybridized carbons (Fsp3) is 0.200. The second-order valence-corrected chi connectivity index (χ2v) is 7.29. The first kappa shape index (κ1) is 22.2.